The largest absolute Gasteiger partial charge is 0.443 e. The first kappa shape index (κ1) is 24.5. The van der Waals surface area contributed by atoms with Crippen LogP contribution in [0.1, 0.15) is 40.0 Å². The van der Waals surface area contributed by atoms with E-state index in [0.29, 0.717) is 33.7 Å². The van der Waals surface area contributed by atoms with Crippen molar-refractivity contribution in [3.63, 3.8) is 0 Å². The molecule has 0 saturated carbocycles. The number of hydrogen-bond acceptors (Lipinski definition) is 6. The van der Waals surface area contributed by atoms with Crippen LogP contribution in [0.25, 0.3) is 16.8 Å². The summed E-state index contributed by atoms with van der Waals surface area (Å²) in [4.78, 5) is 33.1. The highest BCUT2D eigenvalue weighted by molar-refractivity contribution is 6.07. The highest BCUT2D eigenvalue weighted by Crippen LogP contribution is 2.47. The number of rotatable bonds is 5. The molecule has 0 radical (unpaired) electrons. The van der Waals surface area contributed by atoms with Gasteiger partial charge in [-0.1, -0.05) is 30.3 Å². The summed E-state index contributed by atoms with van der Waals surface area (Å²) in [7, 11) is 0. The fraction of sp³-hybridized carbons (Fsp3) is 0.172. The van der Waals surface area contributed by atoms with Gasteiger partial charge in [0.05, 0.1) is 17.3 Å². The third-order valence-electron chi connectivity index (χ3n) is 7.03. The topological polar surface area (TPSA) is 113 Å². The number of para-hydroxylation sites is 1. The van der Waals surface area contributed by atoms with Gasteiger partial charge in [0.15, 0.2) is 12.0 Å². The van der Waals surface area contributed by atoms with Crippen LogP contribution in [0.4, 0.5) is 10.2 Å². The van der Waals surface area contributed by atoms with Gasteiger partial charge in [-0.3, -0.25) is 14.5 Å². The van der Waals surface area contributed by atoms with E-state index in [1.165, 1.54) is 47.7 Å². The van der Waals surface area contributed by atoms with Crippen molar-refractivity contribution in [1.29, 1.82) is 0 Å². The number of aromatic nitrogens is 3. The second-order valence-corrected chi connectivity index (χ2v) is 9.36. The molecule has 10 heteroatoms. The Labute approximate surface area is 222 Å². The summed E-state index contributed by atoms with van der Waals surface area (Å²) in [6, 6.07) is 19.5. The van der Waals surface area contributed by atoms with Crippen LogP contribution >= 0.6 is 0 Å². The van der Waals surface area contributed by atoms with Gasteiger partial charge in [0.1, 0.15) is 17.2 Å². The molecule has 0 spiro atoms. The summed E-state index contributed by atoms with van der Waals surface area (Å²) in [5.41, 5.74) is 0.954. The molecule has 3 aromatic carbocycles. The minimum Gasteiger partial charge on any atom is -0.443 e. The van der Waals surface area contributed by atoms with Crippen molar-refractivity contribution >= 4 is 28.7 Å². The predicted octanol–water partition coefficient (Wildman–Crippen LogP) is 4.08. The average molecular weight is 526 g/mol. The van der Waals surface area contributed by atoms with Crippen LogP contribution in [-0.4, -0.2) is 44.0 Å². The van der Waals surface area contributed by atoms with E-state index in [-0.39, 0.29) is 12.1 Å². The van der Waals surface area contributed by atoms with Crippen LogP contribution in [0, 0.1) is 12.7 Å². The zero-order valence-corrected chi connectivity index (χ0v) is 21.1. The van der Waals surface area contributed by atoms with E-state index < -0.39 is 29.3 Å². The Morgan fingerprint density at radius 2 is 1.87 bits per heavy atom. The Bertz CT molecular complexity index is 1710. The second kappa shape index (κ2) is 9.17. The van der Waals surface area contributed by atoms with Gasteiger partial charge in [-0.25, -0.2) is 14.1 Å². The number of anilines is 1. The Morgan fingerprint density at radius 1 is 1.13 bits per heavy atom. The van der Waals surface area contributed by atoms with E-state index >= 15 is 0 Å². The van der Waals surface area contributed by atoms with E-state index in [4.69, 9.17) is 9.52 Å². The van der Waals surface area contributed by atoms with Crippen LogP contribution in [0.3, 0.4) is 0 Å². The van der Waals surface area contributed by atoms with Gasteiger partial charge in [-0.2, -0.15) is 5.10 Å². The number of amides is 2. The van der Waals surface area contributed by atoms with E-state index in [9.17, 15) is 19.1 Å². The molecule has 5 aromatic rings. The summed E-state index contributed by atoms with van der Waals surface area (Å²) in [6.45, 7) is 3.75. The molecule has 196 valence electrons. The third-order valence-corrected chi connectivity index (χ3v) is 7.03. The standard InChI is InChI=1S/C29H24FN5O4/c1-3-34-27-24(17(2)33-35(27)21-7-5-4-6-8-21)25(18-9-12-20(30)13-10-18)29(38,28(34)37)32-26(36)19-11-14-22-23(15-19)39-16-31-22/h4-16,25,38H,3H2,1-2H3,(H,32,36)/t25-,29-/m0/s1. The Hall–Kier alpha value is -4.83. The first-order chi connectivity index (χ1) is 18.8. The van der Waals surface area contributed by atoms with E-state index in [2.05, 4.69) is 10.3 Å². The normalized spacial score (nSPS) is 18.8. The number of hydrogen-bond donors (Lipinski definition) is 2. The lowest BCUT2D eigenvalue weighted by molar-refractivity contribution is -0.142. The fourth-order valence-electron chi connectivity index (χ4n) is 5.23. The van der Waals surface area contributed by atoms with Gasteiger partial charge >= 0.3 is 0 Å². The summed E-state index contributed by atoms with van der Waals surface area (Å²) in [5.74, 6) is -2.51. The van der Waals surface area contributed by atoms with Gasteiger partial charge < -0.3 is 14.8 Å². The number of benzene rings is 3. The van der Waals surface area contributed by atoms with Gasteiger partial charge in [-0.15, -0.1) is 0 Å². The number of nitrogens with zero attached hydrogens (tertiary/aromatic N) is 4. The van der Waals surface area contributed by atoms with Crippen molar-refractivity contribution in [2.24, 2.45) is 0 Å². The first-order valence-corrected chi connectivity index (χ1v) is 12.4. The molecule has 2 N–H and O–H groups in total. The molecular weight excluding hydrogens is 501 g/mol. The number of carbonyl (C=O) groups excluding carboxylic acids is 2. The van der Waals surface area contributed by atoms with Crippen molar-refractivity contribution in [3.05, 3.63) is 107 Å². The smallest absolute Gasteiger partial charge is 0.282 e. The molecule has 0 unspecified atom stereocenters. The van der Waals surface area contributed by atoms with Crippen molar-refractivity contribution in [2.45, 2.75) is 25.5 Å². The average Bonchev–Trinajstić information content (AvgIpc) is 3.55. The quantitative estimate of drug-likeness (QED) is 0.335. The van der Waals surface area contributed by atoms with E-state index in [1.54, 1.807) is 24.6 Å². The minimum atomic E-state index is -2.41. The highest BCUT2D eigenvalue weighted by Gasteiger charge is 2.56. The van der Waals surface area contributed by atoms with E-state index in [0.717, 1.165) is 5.69 Å². The van der Waals surface area contributed by atoms with Crippen molar-refractivity contribution < 1.29 is 23.5 Å². The number of fused-ring (bicyclic) bond motifs is 2. The van der Waals surface area contributed by atoms with Crippen LogP contribution < -0.4 is 10.2 Å². The molecule has 0 aliphatic carbocycles. The molecule has 0 bridgehead atoms. The lowest BCUT2D eigenvalue weighted by Crippen LogP contribution is -2.66. The van der Waals surface area contributed by atoms with Crippen molar-refractivity contribution in [3.8, 4) is 5.69 Å². The second-order valence-electron chi connectivity index (χ2n) is 9.36. The number of halogens is 1. The summed E-state index contributed by atoms with van der Waals surface area (Å²) < 4.78 is 20.9. The maximum atomic E-state index is 14.1. The molecule has 9 nitrogen and oxygen atoms in total. The van der Waals surface area contributed by atoms with Crippen LogP contribution in [0.15, 0.2) is 83.6 Å². The van der Waals surface area contributed by atoms with Gasteiger partial charge in [0, 0.05) is 17.7 Å². The zero-order chi connectivity index (χ0) is 27.3. The number of aryl methyl sites for hydroxylation is 1. The Morgan fingerprint density at radius 3 is 2.59 bits per heavy atom. The molecular formula is C29H24FN5O4. The van der Waals surface area contributed by atoms with Crippen LogP contribution in [0.2, 0.25) is 0 Å². The molecule has 1 aliphatic heterocycles. The molecule has 3 heterocycles. The third kappa shape index (κ3) is 3.88. The zero-order valence-electron chi connectivity index (χ0n) is 21.1. The van der Waals surface area contributed by atoms with Gasteiger partial charge in [0.25, 0.3) is 11.8 Å². The number of oxazole rings is 1. The summed E-state index contributed by atoms with van der Waals surface area (Å²) in [5, 5.41) is 19.5. The molecule has 0 saturated heterocycles. The van der Waals surface area contributed by atoms with Crippen LogP contribution in [0.5, 0.6) is 0 Å². The van der Waals surface area contributed by atoms with E-state index in [1.807, 2.05) is 30.3 Å². The summed E-state index contributed by atoms with van der Waals surface area (Å²) >= 11 is 0. The number of carbonyl (C=O) groups is 2. The van der Waals surface area contributed by atoms with Crippen molar-refractivity contribution in [2.75, 3.05) is 11.4 Å². The minimum absolute atomic E-state index is 0.170. The lowest BCUT2D eigenvalue weighted by Gasteiger charge is -2.43. The Balaban J connectivity index is 1.54. The fourth-order valence-corrected chi connectivity index (χ4v) is 5.23. The molecule has 39 heavy (non-hydrogen) atoms. The molecule has 2 atom stereocenters. The van der Waals surface area contributed by atoms with Crippen molar-refractivity contribution in [1.82, 2.24) is 20.1 Å². The van der Waals surface area contributed by atoms with Crippen LogP contribution in [-0.2, 0) is 4.79 Å². The molecule has 2 aromatic heterocycles. The first-order valence-electron chi connectivity index (χ1n) is 12.4. The number of nitrogens with one attached hydrogen (secondary N) is 1. The maximum absolute atomic E-state index is 14.1. The number of aliphatic hydroxyl groups is 1. The highest BCUT2D eigenvalue weighted by atomic mass is 19.1. The Kier molecular flexibility index (Phi) is 5.76. The SMILES string of the molecule is CCN1C(=O)[C@](O)(NC(=O)c2ccc3ncoc3c2)[C@@H](c2ccc(F)cc2)c2c(C)nn(-c3ccccc3)c21. The predicted molar refractivity (Wildman–Crippen MR) is 141 cm³/mol. The number of likely N-dealkylation sites (N-methyl/N-ethyl adjacent to an activating group) is 1. The van der Waals surface area contributed by atoms with Gasteiger partial charge in [0.2, 0.25) is 5.72 Å². The molecule has 1 aliphatic rings. The molecule has 2 amide bonds. The summed E-state index contributed by atoms with van der Waals surface area (Å²) in [6.07, 6.45) is 1.27. The molecule has 6 rings (SSSR count). The lowest BCUT2D eigenvalue weighted by atomic mass is 9.78. The monoisotopic (exact) mass is 525 g/mol. The molecule has 0 fully saturated rings. The maximum Gasteiger partial charge on any atom is 0.282 e. The van der Waals surface area contributed by atoms with Gasteiger partial charge in [-0.05, 0) is 61.9 Å².